The summed E-state index contributed by atoms with van der Waals surface area (Å²) in [5.74, 6) is -0.578. The van der Waals surface area contributed by atoms with Gasteiger partial charge in [-0.15, -0.1) is 11.3 Å². The summed E-state index contributed by atoms with van der Waals surface area (Å²) in [6.07, 6.45) is 3.51. The summed E-state index contributed by atoms with van der Waals surface area (Å²) in [6.45, 7) is 10.8. The van der Waals surface area contributed by atoms with Gasteiger partial charge in [0.05, 0.1) is 53.2 Å². The molecule has 15 heteroatoms. The molecule has 0 radical (unpaired) electrons. The van der Waals surface area contributed by atoms with Crippen LogP contribution in [0.2, 0.25) is 0 Å². The number of rotatable bonds is 19. The number of aromatic nitrogens is 1. The minimum Gasteiger partial charge on any atom is -0.493 e. The van der Waals surface area contributed by atoms with Crippen molar-refractivity contribution in [2.75, 3.05) is 18.1 Å². The third kappa shape index (κ3) is 12.0. The summed E-state index contributed by atoms with van der Waals surface area (Å²) in [6, 6.07) is 18.2. The Bertz CT molecular complexity index is 2390. The fourth-order valence-corrected chi connectivity index (χ4v) is 9.99. The minimum atomic E-state index is -0.752. The van der Waals surface area contributed by atoms with E-state index < -0.39 is 36.2 Å². The van der Waals surface area contributed by atoms with Crippen LogP contribution in [0, 0.1) is 12.3 Å². The van der Waals surface area contributed by atoms with Crippen molar-refractivity contribution in [2.24, 2.45) is 11.1 Å². The number of benzene rings is 3. The number of nitrogens with two attached hydrogens (primary N) is 1. The second kappa shape index (κ2) is 21.3. The molecular weight excluding hydrogens is 857 g/mol. The second-order valence-corrected chi connectivity index (χ2v) is 20.0. The number of hydrogen-bond donors (Lipinski definition) is 4. The molecule has 5 amide bonds. The third-order valence-electron chi connectivity index (χ3n) is 12.7. The molecule has 3 aliphatic heterocycles. The van der Waals surface area contributed by atoms with Crippen molar-refractivity contribution in [3.63, 3.8) is 0 Å². The Morgan fingerprint density at radius 3 is 2.48 bits per heavy atom. The van der Waals surface area contributed by atoms with Crippen LogP contribution in [0.25, 0.3) is 10.4 Å². The quantitative estimate of drug-likeness (QED) is 0.0806. The maximum Gasteiger partial charge on any atom is 0.243 e. The number of thiazole rings is 1. The maximum atomic E-state index is 13.9. The highest BCUT2D eigenvalue weighted by atomic mass is 32.1. The van der Waals surface area contributed by atoms with Crippen molar-refractivity contribution in [1.82, 2.24) is 20.5 Å². The van der Waals surface area contributed by atoms with Crippen LogP contribution in [-0.4, -0.2) is 88.0 Å². The molecule has 1 fully saturated rings. The van der Waals surface area contributed by atoms with Crippen LogP contribution in [-0.2, 0) is 61.1 Å². The lowest BCUT2D eigenvalue weighted by atomic mass is 9.91. The summed E-state index contributed by atoms with van der Waals surface area (Å²) >= 11 is 1.55. The first-order chi connectivity index (χ1) is 31.5. The van der Waals surface area contributed by atoms with Gasteiger partial charge in [0.1, 0.15) is 17.8 Å². The number of β-amino-alcohol motifs (C(OH)–C–C–N with tert-alkyl or cyclic N) is 1. The van der Waals surface area contributed by atoms with Crippen molar-refractivity contribution in [3.05, 3.63) is 99.7 Å². The minimum absolute atomic E-state index is 0.0470. The fraction of sp³-hybridized carbons (Fsp3) is 0.490. The number of aryl methyl sites for hydroxylation is 3. The predicted molar refractivity (Wildman–Crippen MR) is 254 cm³/mol. The first kappa shape index (κ1) is 48.3. The van der Waals surface area contributed by atoms with Crippen molar-refractivity contribution >= 4 is 46.6 Å². The van der Waals surface area contributed by atoms with Gasteiger partial charge >= 0.3 is 0 Å². The van der Waals surface area contributed by atoms with E-state index in [9.17, 15) is 29.1 Å². The van der Waals surface area contributed by atoms with Gasteiger partial charge in [-0.05, 0) is 85.3 Å². The van der Waals surface area contributed by atoms with Crippen molar-refractivity contribution in [2.45, 2.75) is 142 Å². The lowest BCUT2D eigenvalue weighted by Crippen LogP contribution is -2.53. The molecule has 3 aliphatic rings. The lowest BCUT2D eigenvalue weighted by Gasteiger charge is -2.29. The molecule has 1 saturated heterocycles. The van der Waals surface area contributed by atoms with E-state index in [1.165, 1.54) is 4.90 Å². The molecule has 1 aromatic heterocycles. The van der Waals surface area contributed by atoms with Gasteiger partial charge in [0.2, 0.25) is 29.5 Å². The van der Waals surface area contributed by atoms with Crippen LogP contribution in [0.15, 0.2) is 66.2 Å². The Kier molecular flexibility index (Phi) is 15.6. The van der Waals surface area contributed by atoms with Gasteiger partial charge in [-0.3, -0.25) is 28.9 Å². The van der Waals surface area contributed by atoms with Crippen LogP contribution >= 0.6 is 11.3 Å². The number of carbonyl (C=O) groups excluding carboxylic acids is 5. The monoisotopic (exact) mass is 920 g/mol. The van der Waals surface area contributed by atoms with Crippen molar-refractivity contribution < 1.29 is 38.6 Å². The molecule has 7 rings (SSSR count). The van der Waals surface area contributed by atoms with Gasteiger partial charge in [0.15, 0.2) is 0 Å². The summed E-state index contributed by atoms with van der Waals surface area (Å²) in [4.78, 5) is 74.2. The van der Waals surface area contributed by atoms with Gasteiger partial charge in [-0.1, -0.05) is 75.4 Å². The fourth-order valence-electron chi connectivity index (χ4n) is 9.19. The molecule has 0 bridgehead atoms. The van der Waals surface area contributed by atoms with E-state index >= 15 is 0 Å². The average Bonchev–Trinajstić information content (AvgIpc) is 3.98. The molecule has 5 N–H and O–H groups in total. The molecule has 66 heavy (non-hydrogen) atoms. The van der Waals surface area contributed by atoms with Crippen molar-refractivity contribution in [1.29, 1.82) is 0 Å². The zero-order valence-electron chi connectivity index (χ0n) is 38.8. The highest BCUT2D eigenvalue weighted by molar-refractivity contribution is 7.13. The molecule has 0 unspecified atom stereocenters. The number of para-hydroxylation sites is 1. The number of aliphatic hydroxyl groups excluding tert-OH is 1. The largest absolute Gasteiger partial charge is 0.493 e. The highest BCUT2D eigenvalue weighted by Crippen LogP contribution is 2.39. The predicted octanol–water partition coefficient (Wildman–Crippen LogP) is 6.09. The van der Waals surface area contributed by atoms with E-state index in [1.54, 1.807) is 16.2 Å². The number of hydrogen-bond acceptors (Lipinski definition) is 10. The van der Waals surface area contributed by atoms with E-state index in [0.29, 0.717) is 31.6 Å². The summed E-state index contributed by atoms with van der Waals surface area (Å²) in [5.41, 5.74) is 14.8. The summed E-state index contributed by atoms with van der Waals surface area (Å²) in [7, 11) is 0. The standard InChI is InChI=1S/C51H64N6O8S/c1-31-48(66-30-54-31)37-18-19-38(27-53-49(62)41-25-39(58)28-56(41)46(61)26-51(3,4)5)43(24-37)64-22-8-9-33-14-16-34(17-15-33)29-65-32(2)40(20-21-44(52)59)55-50(63)42-23-36-12-6-10-35-11-7-13-45(60)57(42)47(35)36/h6,10,12,14-19,24,30,32,39-42,58H,7-9,11,13,20-23,25-29H2,1-5H3,(H2,52,59)(H,53,62)(H,55,63)/t32-,39-,40+,41+,42+/m1/s1. The maximum absolute atomic E-state index is 13.9. The number of primary amides is 1. The molecule has 14 nitrogen and oxygen atoms in total. The summed E-state index contributed by atoms with van der Waals surface area (Å²) < 4.78 is 12.7. The summed E-state index contributed by atoms with van der Waals surface area (Å²) in [5, 5.41) is 16.5. The molecule has 4 aromatic rings. The zero-order valence-corrected chi connectivity index (χ0v) is 39.6. The topological polar surface area (TPSA) is 193 Å². The van der Waals surface area contributed by atoms with Gasteiger partial charge in [-0.25, -0.2) is 4.98 Å². The highest BCUT2D eigenvalue weighted by Gasteiger charge is 2.42. The van der Waals surface area contributed by atoms with Gasteiger partial charge in [0, 0.05) is 50.8 Å². The van der Waals surface area contributed by atoms with Gasteiger partial charge in [0.25, 0.3) is 0 Å². The van der Waals surface area contributed by atoms with E-state index in [4.69, 9.17) is 15.2 Å². The number of ether oxygens (including phenoxy) is 2. The van der Waals surface area contributed by atoms with E-state index in [1.807, 2.05) is 88.7 Å². The van der Waals surface area contributed by atoms with Crippen molar-refractivity contribution in [3.8, 4) is 16.2 Å². The Morgan fingerprint density at radius 2 is 1.76 bits per heavy atom. The Labute approximate surface area is 391 Å². The lowest BCUT2D eigenvalue weighted by molar-refractivity contribution is -0.140. The number of amides is 5. The number of aliphatic hydroxyl groups is 1. The number of carbonyl (C=O) groups is 5. The Hall–Kier alpha value is -5.64. The molecule has 0 spiro atoms. The molecule has 3 aromatic carbocycles. The van der Waals surface area contributed by atoms with E-state index in [2.05, 4.69) is 27.8 Å². The third-order valence-corrected chi connectivity index (χ3v) is 13.7. The first-order valence-corrected chi connectivity index (χ1v) is 24.0. The normalized spacial score (nSPS) is 18.9. The van der Waals surface area contributed by atoms with Crippen LogP contribution in [0.5, 0.6) is 5.75 Å². The number of anilines is 1. The van der Waals surface area contributed by atoms with E-state index in [0.717, 1.165) is 75.3 Å². The van der Waals surface area contributed by atoms with Crippen LogP contribution in [0.3, 0.4) is 0 Å². The van der Waals surface area contributed by atoms with Crippen LogP contribution < -0.4 is 26.0 Å². The molecule has 0 aliphatic carbocycles. The van der Waals surface area contributed by atoms with Gasteiger partial charge in [-0.2, -0.15) is 0 Å². The number of nitrogens with one attached hydrogen (secondary N) is 2. The first-order valence-electron chi connectivity index (χ1n) is 23.2. The van der Waals surface area contributed by atoms with Crippen LogP contribution in [0.4, 0.5) is 5.69 Å². The smallest absolute Gasteiger partial charge is 0.243 e. The Balaban J connectivity index is 0.925. The average molecular weight is 921 g/mol. The Morgan fingerprint density at radius 1 is 1.00 bits per heavy atom. The molecular formula is C51H64N6O8S. The zero-order chi connectivity index (χ0) is 47.1. The molecule has 0 saturated carbocycles. The van der Waals surface area contributed by atoms with Gasteiger partial charge < -0.3 is 35.8 Å². The molecule has 352 valence electrons. The second-order valence-electron chi connectivity index (χ2n) is 19.2. The van der Waals surface area contributed by atoms with E-state index in [-0.39, 0.29) is 68.0 Å². The SMILES string of the molecule is Cc1ncsc1-c1ccc(CNC(=O)[C@@H]2C[C@@H](O)CN2C(=O)CC(C)(C)C)c(OCCCc2ccc(CO[C@H](C)[C@H](CCC(N)=O)NC(=O)[C@@H]3Cc4cccc5c4N3C(=O)CCC5)cc2)c1. The number of likely N-dealkylation sites (tertiary alicyclic amines) is 1. The number of nitrogens with zero attached hydrogens (tertiary/aromatic N) is 3. The van der Waals surface area contributed by atoms with Crippen LogP contribution in [0.1, 0.15) is 106 Å². The molecule has 5 atom stereocenters. The molecule has 4 heterocycles.